The normalized spacial score (nSPS) is 10.7. The van der Waals surface area contributed by atoms with Crippen LogP contribution in [0.1, 0.15) is 15.4 Å². The van der Waals surface area contributed by atoms with Gasteiger partial charge in [-0.15, -0.1) is 22.7 Å². The predicted molar refractivity (Wildman–Crippen MR) is 129 cm³/mol. The zero-order valence-electron chi connectivity index (χ0n) is 15.5. The summed E-state index contributed by atoms with van der Waals surface area (Å²) in [5.74, 6) is 0.327. The largest absolute Gasteiger partial charge is 0.361 e. The predicted octanol–water partition coefficient (Wildman–Crippen LogP) is 5.04. The van der Waals surface area contributed by atoms with E-state index in [1.54, 1.807) is 18.2 Å². The lowest BCUT2D eigenvalue weighted by Crippen LogP contribution is -2.32. The third-order valence-electron chi connectivity index (χ3n) is 4.06. The van der Waals surface area contributed by atoms with Gasteiger partial charge in [0.25, 0.3) is 0 Å². The van der Waals surface area contributed by atoms with E-state index in [-0.39, 0.29) is 5.78 Å². The van der Waals surface area contributed by atoms with Gasteiger partial charge in [-0.3, -0.25) is 4.79 Å². The Bertz CT molecular complexity index is 1180. The molecule has 3 aromatic heterocycles. The van der Waals surface area contributed by atoms with Crippen molar-refractivity contribution in [2.45, 2.75) is 0 Å². The monoisotopic (exact) mass is 473 g/mol. The van der Waals surface area contributed by atoms with E-state index in [1.165, 1.54) is 22.7 Å². The number of aromatic nitrogens is 2. The zero-order valence-corrected chi connectivity index (χ0v) is 18.7. The molecule has 0 fully saturated rings. The summed E-state index contributed by atoms with van der Waals surface area (Å²) in [5.41, 5.74) is 2.03. The van der Waals surface area contributed by atoms with Gasteiger partial charge in [-0.2, -0.15) is 0 Å². The Hall–Kier alpha value is -2.59. The second kappa shape index (κ2) is 9.48. The molecule has 10 heteroatoms. The Balaban J connectivity index is 1.36. The smallest absolute Gasteiger partial charge is 0.224 e. The van der Waals surface area contributed by atoms with Crippen LogP contribution >= 0.6 is 46.5 Å². The second-order valence-corrected chi connectivity index (χ2v) is 8.86. The van der Waals surface area contributed by atoms with Crippen molar-refractivity contribution in [2.75, 3.05) is 23.7 Å². The molecule has 0 aliphatic heterocycles. The van der Waals surface area contributed by atoms with Crippen LogP contribution < -0.4 is 16.0 Å². The summed E-state index contributed by atoms with van der Waals surface area (Å²) in [4.78, 5) is 22.5. The van der Waals surface area contributed by atoms with Gasteiger partial charge < -0.3 is 16.0 Å². The number of nitrogens with one attached hydrogen (secondary N) is 3. The van der Waals surface area contributed by atoms with Crippen molar-refractivity contribution < 1.29 is 4.79 Å². The molecule has 0 radical (unpaired) electrons. The van der Waals surface area contributed by atoms with Gasteiger partial charge in [0.1, 0.15) is 5.69 Å². The van der Waals surface area contributed by atoms with Crippen molar-refractivity contribution in [3.05, 3.63) is 68.8 Å². The van der Waals surface area contributed by atoms with E-state index in [0.29, 0.717) is 39.7 Å². The van der Waals surface area contributed by atoms with E-state index in [1.807, 2.05) is 35.0 Å². The van der Waals surface area contributed by atoms with Crippen LogP contribution in [0.25, 0.3) is 10.2 Å². The molecule has 3 N–H and O–H groups in total. The molecule has 0 aliphatic carbocycles. The summed E-state index contributed by atoms with van der Waals surface area (Å²) in [5, 5.41) is 14.3. The summed E-state index contributed by atoms with van der Waals surface area (Å²) < 4.78 is 0.797. The number of thiophene rings is 2. The minimum atomic E-state index is -0.0885. The van der Waals surface area contributed by atoms with Crippen molar-refractivity contribution in [2.24, 2.45) is 0 Å². The number of carbonyl (C=O) groups is 1. The van der Waals surface area contributed by atoms with Crippen molar-refractivity contribution in [3.8, 4) is 0 Å². The third kappa shape index (κ3) is 4.93. The number of anilines is 2. The van der Waals surface area contributed by atoms with Crippen LogP contribution in [-0.4, -0.2) is 34.0 Å². The highest BCUT2D eigenvalue weighted by Crippen LogP contribution is 2.26. The maximum Gasteiger partial charge on any atom is 0.224 e. The van der Waals surface area contributed by atoms with Gasteiger partial charge in [0, 0.05) is 23.8 Å². The summed E-state index contributed by atoms with van der Waals surface area (Å²) >= 11 is 14.0. The fourth-order valence-electron chi connectivity index (χ4n) is 2.68. The summed E-state index contributed by atoms with van der Waals surface area (Å²) in [6.07, 6.45) is 0. The molecule has 0 spiro atoms. The van der Waals surface area contributed by atoms with Crippen LogP contribution in [0.15, 0.2) is 53.2 Å². The molecule has 6 nitrogen and oxygen atoms in total. The van der Waals surface area contributed by atoms with E-state index in [2.05, 4.69) is 25.9 Å². The molecule has 0 saturated carbocycles. The Morgan fingerprint density at radius 1 is 1.03 bits per heavy atom. The molecule has 0 unspecified atom stereocenters. The quantitative estimate of drug-likeness (QED) is 0.197. The maximum atomic E-state index is 12.8. The summed E-state index contributed by atoms with van der Waals surface area (Å²) in [7, 11) is 0. The number of fused-ring (bicyclic) bond motifs is 1. The molecule has 0 saturated heterocycles. The van der Waals surface area contributed by atoms with Crippen LogP contribution in [0, 0.1) is 0 Å². The van der Waals surface area contributed by atoms with Crippen molar-refractivity contribution in [1.82, 2.24) is 15.3 Å². The summed E-state index contributed by atoms with van der Waals surface area (Å²) in [6, 6.07) is 12.8. The average Bonchev–Trinajstić information content (AvgIpc) is 3.44. The number of benzene rings is 1. The number of hydrogen-bond acceptors (Lipinski definition) is 7. The van der Waals surface area contributed by atoms with E-state index < -0.39 is 0 Å². The van der Waals surface area contributed by atoms with E-state index in [4.69, 9.17) is 23.8 Å². The molecule has 0 amide bonds. The van der Waals surface area contributed by atoms with Crippen LogP contribution in [0.5, 0.6) is 0 Å². The average molecular weight is 474 g/mol. The van der Waals surface area contributed by atoms with E-state index in [9.17, 15) is 4.79 Å². The number of thiocarbonyl (C=S) groups is 1. The van der Waals surface area contributed by atoms with Crippen molar-refractivity contribution >= 4 is 79.2 Å². The van der Waals surface area contributed by atoms with E-state index in [0.717, 1.165) is 15.9 Å². The van der Waals surface area contributed by atoms with Gasteiger partial charge in [0.15, 0.2) is 5.11 Å². The number of carbonyl (C=O) groups excluding carboxylic acids is 1. The van der Waals surface area contributed by atoms with Gasteiger partial charge in [0.2, 0.25) is 11.7 Å². The zero-order chi connectivity index (χ0) is 20.9. The SMILES string of the molecule is O=C(c1cccs1)c1nc(NCCNC(=S)Nc2ccc(Cl)cc2)nc2ccsc12. The highest BCUT2D eigenvalue weighted by Gasteiger charge is 2.18. The highest BCUT2D eigenvalue weighted by atomic mass is 35.5. The summed E-state index contributed by atoms with van der Waals surface area (Å²) in [6.45, 7) is 1.09. The van der Waals surface area contributed by atoms with Crippen LogP contribution in [0.4, 0.5) is 11.6 Å². The standard InChI is InChI=1S/C20H16ClN5OS3/c21-12-3-5-13(6-4-12)24-20(28)23-9-8-22-19-25-14-7-11-30-18(14)16(26-19)17(27)15-2-1-10-29-15/h1-7,10-11H,8-9H2,(H,22,25,26)(H2,23,24,28). The Kier molecular flexibility index (Phi) is 6.53. The fourth-order valence-corrected chi connectivity index (χ4v) is 4.51. The van der Waals surface area contributed by atoms with Gasteiger partial charge in [-0.1, -0.05) is 17.7 Å². The lowest BCUT2D eigenvalue weighted by molar-refractivity contribution is 0.104. The topological polar surface area (TPSA) is 78.9 Å². The van der Waals surface area contributed by atoms with E-state index >= 15 is 0 Å². The number of rotatable bonds is 7. The first-order chi connectivity index (χ1) is 14.6. The molecule has 0 aliphatic rings. The van der Waals surface area contributed by atoms with Gasteiger partial charge in [-0.25, -0.2) is 9.97 Å². The van der Waals surface area contributed by atoms with Crippen molar-refractivity contribution in [3.63, 3.8) is 0 Å². The molecule has 152 valence electrons. The second-order valence-electron chi connectivity index (χ2n) is 6.15. The molecular formula is C20H16ClN5OS3. The van der Waals surface area contributed by atoms with Crippen molar-refractivity contribution in [1.29, 1.82) is 0 Å². The van der Waals surface area contributed by atoms with Crippen LogP contribution in [0.2, 0.25) is 5.02 Å². The first-order valence-corrected chi connectivity index (χ1v) is 11.5. The Morgan fingerprint density at radius 3 is 2.63 bits per heavy atom. The van der Waals surface area contributed by atoms with Gasteiger partial charge in [0.05, 0.1) is 15.1 Å². The molecular weight excluding hydrogens is 458 g/mol. The number of ketones is 1. The molecule has 0 atom stereocenters. The molecule has 3 heterocycles. The highest BCUT2D eigenvalue weighted by molar-refractivity contribution is 7.80. The van der Waals surface area contributed by atoms with Gasteiger partial charge >= 0.3 is 0 Å². The van der Waals surface area contributed by atoms with Crippen LogP contribution in [0.3, 0.4) is 0 Å². The fraction of sp³-hybridized carbons (Fsp3) is 0.100. The molecule has 1 aromatic carbocycles. The third-order valence-corrected chi connectivity index (χ3v) is 6.34. The maximum absolute atomic E-state index is 12.8. The van der Waals surface area contributed by atoms with Crippen LogP contribution in [-0.2, 0) is 0 Å². The molecule has 4 aromatic rings. The first kappa shape index (κ1) is 20.7. The minimum Gasteiger partial charge on any atom is -0.361 e. The number of hydrogen-bond donors (Lipinski definition) is 3. The number of nitrogens with zero attached hydrogens (tertiary/aromatic N) is 2. The molecule has 30 heavy (non-hydrogen) atoms. The molecule has 4 rings (SSSR count). The van der Waals surface area contributed by atoms with Gasteiger partial charge in [-0.05, 0) is 59.4 Å². The Labute approximate surface area is 191 Å². The lowest BCUT2D eigenvalue weighted by Gasteiger charge is -2.11. The lowest BCUT2D eigenvalue weighted by atomic mass is 10.2. The Morgan fingerprint density at radius 2 is 1.87 bits per heavy atom. The molecule has 0 bridgehead atoms. The number of halogens is 1. The minimum absolute atomic E-state index is 0.0885. The first-order valence-electron chi connectivity index (χ1n) is 8.98.